The van der Waals surface area contributed by atoms with Crippen molar-refractivity contribution >= 4 is 11.9 Å². The van der Waals surface area contributed by atoms with E-state index in [1.54, 1.807) is 0 Å². The maximum Gasteiger partial charge on any atom is 0.338 e. The highest BCUT2D eigenvalue weighted by Crippen LogP contribution is 2.17. The van der Waals surface area contributed by atoms with Gasteiger partial charge in [0.1, 0.15) is 11.6 Å². The molecule has 0 saturated carbocycles. The Bertz CT molecular complexity index is 440. The molecule has 1 aromatic carbocycles. The van der Waals surface area contributed by atoms with Gasteiger partial charge < -0.3 is 9.84 Å². The van der Waals surface area contributed by atoms with E-state index >= 15 is 0 Å². The minimum atomic E-state index is -1.37. The third-order valence-electron chi connectivity index (χ3n) is 1.71. The summed E-state index contributed by atoms with van der Waals surface area (Å²) in [6.45, 7) is 3.34. The summed E-state index contributed by atoms with van der Waals surface area (Å²) in [7, 11) is 0. The Morgan fingerprint density at radius 1 is 1.50 bits per heavy atom. The largest absolute Gasteiger partial charge is 0.478 e. The molecule has 0 saturated heterocycles. The molecule has 84 valence electrons. The molecular weight excluding hydrogens is 215 g/mol. The molecule has 0 aliphatic carbocycles. The first-order valence-corrected chi connectivity index (χ1v) is 4.39. The number of halogens is 1. The molecule has 0 fully saturated rings. The lowest BCUT2D eigenvalue weighted by atomic mass is 10.2. The molecule has 5 heteroatoms. The molecule has 4 nitrogen and oxygen atoms in total. The van der Waals surface area contributed by atoms with Gasteiger partial charge in [0.2, 0.25) is 0 Å². The van der Waals surface area contributed by atoms with Gasteiger partial charge in [0.05, 0.1) is 12.0 Å². The van der Waals surface area contributed by atoms with Gasteiger partial charge in [-0.25, -0.2) is 9.18 Å². The highest BCUT2D eigenvalue weighted by Gasteiger charge is 2.12. The lowest BCUT2D eigenvalue weighted by Gasteiger charge is -2.03. The first-order valence-electron chi connectivity index (χ1n) is 4.39. The number of carbonyl (C=O) groups excluding carboxylic acids is 1. The van der Waals surface area contributed by atoms with Crippen molar-refractivity contribution in [2.24, 2.45) is 0 Å². The molecule has 0 radical (unpaired) electrons. The van der Waals surface area contributed by atoms with E-state index in [4.69, 9.17) is 9.84 Å². The van der Waals surface area contributed by atoms with Crippen LogP contribution in [0, 0.1) is 5.82 Å². The van der Waals surface area contributed by atoms with E-state index in [1.807, 2.05) is 0 Å². The molecule has 0 amide bonds. The van der Waals surface area contributed by atoms with Crippen LogP contribution in [0.1, 0.15) is 16.8 Å². The third kappa shape index (κ3) is 2.91. The molecule has 0 aromatic heterocycles. The molecule has 1 rings (SSSR count). The average Bonchev–Trinajstić information content (AvgIpc) is 2.17. The first-order chi connectivity index (χ1) is 7.54. The lowest BCUT2D eigenvalue weighted by Crippen LogP contribution is -2.07. The number of carboxylic acid groups (broad SMARTS) is 1. The fourth-order valence-electron chi connectivity index (χ4n) is 1.02. The summed E-state index contributed by atoms with van der Waals surface area (Å²) in [6.07, 6.45) is 1.35. The van der Waals surface area contributed by atoms with Crippen LogP contribution >= 0.6 is 0 Å². The van der Waals surface area contributed by atoms with Crippen molar-refractivity contribution in [2.75, 3.05) is 0 Å². The summed E-state index contributed by atoms with van der Waals surface area (Å²) in [5.74, 6) is -2.94. The van der Waals surface area contributed by atoms with E-state index < -0.39 is 23.3 Å². The maximum atomic E-state index is 13.1. The average molecular weight is 224 g/mol. The molecule has 0 spiro atoms. The standard InChI is InChI=1S/C11H9FO4/c1-2-3-10(13)16-7-4-5-8(11(14)15)9(12)6-7/h2,4-6H,1,3H2,(H,14,15). The van der Waals surface area contributed by atoms with E-state index in [0.717, 1.165) is 12.1 Å². The van der Waals surface area contributed by atoms with E-state index in [-0.39, 0.29) is 12.2 Å². The van der Waals surface area contributed by atoms with E-state index in [9.17, 15) is 14.0 Å². The number of ether oxygens (including phenoxy) is 1. The fraction of sp³-hybridized carbons (Fsp3) is 0.0909. The maximum absolute atomic E-state index is 13.1. The zero-order chi connectivity index (χ0) is 12.1. The van der Waals surface area contributed by atoms with Crippen LogP contribution in [0.25, 0.3) is 0 Å². The molecule has 0 heterocycles. The smallest absolute Gasteiger partial charge is 0.338 e. The van der Waals surface area contributed by atoms with Crippen LogP contribution in [0.5, 0.6) is 5.75 Å². The number of carboxylic acids is 1. The SMILES string of the molecule is C=CCC(=O)Oc1ccc(C(=O)O)c(F)c1. The highest BCUT2D eigenvalue weighted by molar-refractivity contribution is 5.88. The number of aromatic carboxylic acids is 1. The Morgan fingerprint density at radius 3 is 2.69 bits per heavy atom. The molecule has 0 unspecified atom stereocenters. The summed E-state index contributed by atoms with van der Waals surface area (Å²) in [4.78, 5) is 21.5. The van der Waals surface area contributed by atoms with Gasteiger partial charge in [-0.05, 0) is 12.1 Å². The van der Waals surface area contributed by atoms with Crippen LogP contribution in [0.4, 0.5) is 4.39 Å². The number of hydrogen-bond donors (Lipinski definition) is 1. The third-order valence-corrected chi connectivity index (χ3v) is 1.71. The second kappa shape index (κ2) is 5.06. The highest BCUT2D eigenvalue weighted by atomic mass is 19.1. The van der Waals surface area contributed by atoms with Crippen LogP contribution in [0.2, 0.25) is 0 Å². The van der Waals surface area contributed by atoms with Gasteiger partial charge in [-0.3, -0.25) is 4.79 Å². The normalized spacial score (nSPS) is 9.56. The van der Waals surface area contributed by atoms with Gasteiger partial charge >= 0.3 is 11.9 Å². The summed E-state index contributed by atoms with van der Waals surface area (Å²) < 4.78 is 17.9. The molecule has 0 aliphatic rings. The first kappa shape index (κ1) is 11.9. The van der Waals surface area contributed by atoms with E-state index in [1.165, 1.54) is 12.1 Å². The summed E-state index contributed by atoms with van der Waals surface area (Å²) in [5.41, 5.74) is -0.469. The second-order valence-corrected chi connectivity index (χ2v) is 2.91. The van der Waals surface area contributed by atoms with Crippen molar-refractivity contribution in [1.29, 1.82) is 0 Å². The van der Waals surface area contributed by atoms with Crippen molar-refractivity contribution in [3.8, 4) is 5.75 Å². The predicted molar refractivity (Wildman–Crippen MR) is 53.8 cm³/mol. The van der Waals surface area contributed by atoms with Crippen LogP contribution in [-0.4, -0.2) is 17.0 Å². The second-order valence-electron chi connectivity index (χ2n) is 2.91. The minimum Gasteiger partial charge on any atom is -0.478 e. The Morgan fingerprint density at radius 2 is 2.19 bits per heavy atom. The van der Waals surface area contributed by atoms with Crippen LogP contribution in [0.3, 0.4) is 0 Å². The van der Waals surface area contributed by atoms with Crippen molar-refractivity contribution in [2.45, 2.75) is 6.42 Å². The Balaban J connectivity index is 2.85. The molecule has 0 aliphatic heterocycles. The molecule has 0 atom stereocenters. The van der Waals surface area contributed by atoms with Gasteiger partial charge in [0, 0.05) is 6.07 Å². The Hall–Kier alpha value is -2.17. The quantitative estimate of drug-likeness (QED) is 0.482. The monoisotopic (exact) mass is 224 g/mol. The number of benzene rings is 1. The van der Waals surface area contributed by atoms with Crippen molar-refractivity contribution < 1.29 is 23.8 Å². The number of carbonyl (C=O) groups is 2. The van der Waals surface area contributed by atoms with Crippen molar-refractivity contribution in [3.63, 3.8) is 0 Å². The van der Waals surface area contributed by atoms with E-state index in [0.29, 0.717) is 0 Å². The number of rotatable bonds is 4. The molecule has 0 bridgehead atoms. The Kier molecular flexibility index (Phi) is 3.77. The Labute approximate surface area is 91.0 Å². The van der Waals surface area contributed by atoms with Crippen LogP contribution in [0.15, 0.2) is 30.9 Å². The van der Waals surface area contributed by atoms with Crippen LogP contribution in [-0.2, 0) is 4.79 Å². The topological polar surface area (TPSA) is 63.6 Å². The minimum absolute atomic E-state index is 0.00228. The summed E-state index contributed by atoms with van der Waals surface area (Å²) >= 11 is 0. The van der Waals surface area contributed by atoms with Crippen LogP contribution < -0.4 is 4.74 Å². The molecular formula is C11H9FO4. The van der Waals surface area contributed by atoms with Gasteiger partial charge in [-0.2, -0.15) is 0 Å². The molecule has 1 aromatic rings. The predicted octanol–water partition coefficient (Wildman–Crippen LogP) is 2.01. The zero-order valence-corrected chi connectivity index (χ0v) is 8.27. The van der Waals surface area contributed by atoms with Gasteiger partial charge in [0.15, 0.2) is 0 Å². The van der Waals surface area contributed by atoms with Crippen molar-refractivity contribution in [3.05, 3.63) is 42.2 Å². The number of hydrogen-bond acceptors (Lipinski definition) is 3. The lowest BCUT2D eigenvalue weighted by molar-refractivity contribution is -0.133. The van der Waals surface area contributed by atoms with Gasteiger partial charge in [0.25, 0.3) is 0 Å². The summed E-state index contributed by atoms with van der Waals surface area (Å²) in [6, 6.07) is 3.10. The van der Waals surface area contributed by atoms with Gasteiger partial charge in [-0.15, -0.1) is 6.58 Å². The number of esters is 1. The molecule has 16 heavy (non-hydrogen) atoms. The van der Waals surface area contributed by atoms with Gasteiger partial charge in [-0.1, -0.05) is 6.08 Å². The summed E-state index contributed by atoms with van der Waals surface area (Å²) in [5, 5.41) is 8.56. The van der Waals surface area contributed by atoms with Crippen molar-refractivity contribution in [1.82, 2.24) is 0 Å². The fourth-order valence-corrected chi connectivity index (χ4v) is 1.02. The van der Waals surface area contributed by atoms with E-state index in [2.05, 4.69) is 6.58 Å². The molecule has 1 N–H and O–H groups in total. The zero-order valence-electron chi connectivity index (χ0n) is 8.27.